The summed E-state index contributed by atoms with van der Waals surface area (Å²) in [5.74, 6) is -0.260. The van der Waals surface area contributed by atoms with Crippen LogP contribution in [0.2, 0.25) is 0 Å². The van der Waals surface area contributed by atoms with Gasteiger partial charge in [0.1, 0.15) is 11.5 Å². The fraction of sp³-hybridized carbons (Fsp3) is 0.238. The van der Waals surface area contributed by atoms with E-state index in [1.54, 1.807) is 24.5 Å². The number of pyridine rings is 1. The molecule has 2 N–H and O–H groups in total. The van der Waals surface area contributed by atoms with Crippen molar-refractivity contribution in [3.05, 3.63) is 72.6 Å². The van der Waals surface area contributed by atoms with Gasteiger partial charge in [-0.1, -0.05) is 19.9 Å². The van der Waals surface area contributed by atoms with Gasteiger partial charge in [0.15, 0.2) is 0 Å². The van der Waals surface area contributed by atoms with Gasteiger partial charge in [-0.05, 0) is 54.8 Å². The van der Waals surface area contributed by atoms with Crippen molar-refractivity contribution in [2.75, 3.05) is 0 Å². The first kappa shape index (κ1) is 17.9. The summed E-state index contributed by atoms with van der Waals surface area (Å²) < 4.78 is 13.3. The summed E-state index contributed by atoms with van der Waals surface area (Å²) in [6, 6.07) is 10.3. The van der Waals surface area contributed by atoms with Gasteiger partial charge in [-0.2, -0.15) is 5.10 Å². The molecule has 0 bridgehead atoms. The summed E-state index contributed by atoms with van der Waals surface area (Å²) in [5.41, 5.74) is 5.66. The van der Waals surface area contributed by atoms with E-state index in [4.69, 9.17) is 0 Å². The fourth-order valence-corrected chi connectivity index (χ4v) is 2.84. The number of allylic oxidation sites excluding steroid dienone is 1. The predicted molar refractivity (Wildman–Crippen MR) is 103 cm³/mol. The zero-order valence-corrected chi connectivity index (χ0v) is 14.9. The number of unbranched alkanes of at least 4 members (excludes halogenated alkanes) is 1. The molecule has 0 spiro atoms. The number of nitrogens with zero attached hydrogens (tertiary/aromatic N) is 2. The molecular formula is C21H23FN4. The lowest BCUT2D eigenvalue weighted by Crippen LogP contribution is -2.12. The van der Waals surface area contributed by atoms with Gasteiger partial charge in [0.05, 0.1) is 12.2 Å². The molecule has 0 fully saturated rings. The maximum absolute atomic E-state index is 13.3. The van der Waals surface area contributed by atoms with E-state index in [1.165, 1.54) is 12.1 Å². The zero-order chi connectivity index (χ0) is 18.4. The molecule has 1 aromatic carbocycles. The highest BCUT2D eigenvalue weighted by Crippen LogP contribution is 2.33. The van der Waals surface area contributed by atoms with Gasteiger partial charge in [-0.3, -0.25) is 10.1 Å². The van der Waals surface area contributed by atoms with Crippen molar-refractivity contribution < 1.29 is 4.39 Å². The first-order chi connectivity index (χ1) is 12.7. The number of aromatic amines is 1. The van der Waals surface area contributed by atoms with Gasteiger partial charge in [0, 0.05) is 29.2 Å². The Balaban J connectivity index is 1.92. The predicted octanol–water partition coefficient (Wildman–Crippen LogP) is 5.07. The molecule has 3 aromatic rings. The van der Waals surface area contributed by atoms with Gasteiger partial charge in [0.2, 0.25) is 0 Å². The van der Waals surface area contributed by atoms with Crippen LogP contribution in [0.5, 0.6) is 0 Å². The lowest BCUT2D eigenvalue weighted by atomic mass is 9.99. The lowest BCUT2D eigenvalue weighted by molar-refractivity contribution is 0.628. The average Bonchev–Trinajstić information content (AvgIpc) is 3.10. The molecule has 4 nitrogen and oxygen atoms in total. The number of hydrogen-bond acceptors (Lipinski definition) is 3. The van der Waals surface area contributed by atoms with Crippen LogP contribution in [-0.2, 0) is 6.54 Å². The van der Waals surface area contributed by atoms with Crippen LogP contribution in [0.15, 0.2) is 61.1 Å². The maximum atomic E-state index is 13.3. The minimum atomic E-state index is -0.260. The second kappa shape index (κ2) is 8.43. The number of aromatic nitrogens is 3. The van der Waals surface area contributed by atoms with E-state index in [1.807, 2.05) is 12.1 Å². The molecular weight excluding hydrogens is 327 g/mol. The summed E-state index contributed by atoms with van der Waals surface area (Å²) in [6.07, 6.45) is 6.73. The highest BCUT2D eigenvalue weighted by Gasteiger charge is 2.16. The number of rotatable bonds is 8. The normalized spacial score (nSPS) is 10.7. The van der Waals surface area contributed by atoms with Gasteiger partial charge < -0.3 is 5.32 Å². The van der Waals surface area contributed by atoms with E-state index in [2.05, 4.69) is 34.0 Å². The molecule has 134 valence electrons. The minimum absolute atomic E-state index is 0.260. The van der Waals surface area contributed by atoms with Crippen LogP contribution in [0.25, 0.3) is 22.4 Å². The second-order valence-corrected chi connectivity index (χ2v) is 6.23. The average molecular weight is 350 g/mol. The van der Waals surface area contributed by atoms with Crippen molar-refractivity contribution in [1.82, 2.24) is 20.5 Å². The Morgan fingerprint density at radius 3 is 2.54 bits per heavy atom. The zero-order valence-electron chi connectivity index (χ0n) is 14.9. The van der Waals surface area contributed by atoms with Crippen molar-refractivity contribution in [3.8, 4) is 22.4 Å². The van der Waals surface area contributed by atoms with Gasteiger partial charge >= 0.3 is 0 Å². The number of benzene rings is 1. The first-order valence-electron chi connectivity index (χ1n) is 8.84. The van der Waals surface area contributed by atoms with Crippen LogP contribution in [0, 0.1) is 5.82 Å². The number of H-pyrrole nitrogens is 1. The molecule has 0 radical (unpaired) electrons. The van der Waals surface area contributed by atoms with E-state index >= 15 is 0 Å². The van der Waals surface area contributed by atoms with E-state index in [9.17, 15) is 4.39 Å². The molecule has 0 aliphatic rings. The highest BCUT2D eigenvalue weighted by molar-refractivity contribution is 5.82. The second-order valence-electron chi connectivity index (χ2n) is 6.23. The lowest BCUT2D eigenvalue weighted by Gasteiger charge is -2.10. The fourth-order valence-electron chi connectivity index (χ4n) is 2.84. The van der Waals surface area contributed by atoms with Gasteiger partial charge in [-0.15, -0.1) is 0 Å². The molecule has 0 unspecified atom stereocenters. The standard InChI is InChI=1S/C21H23FN4/c1-3-4-5-15(2)24-14-19-20(16-10-12-23-13-11-16)21(26-25-19)17-6-8-18(22)9-7-17/h6-13,24H,2-5,14H2,1H3,(H,25,26). The molecule has 0 aliphatic heterocycles. The Hall–Kier alpha value is -2.95. The third kappa shape index (κ3) is 4.17. The van der Waals surface area contributed by atoms with Crippen molar-refractivity contribution in [2.45, 2.75) is 32.7 Å². The van der Waals surface area contributed by atoms with Gasteiger partial charge in [-0.25, -0.2) is 4.39 Å². The Bertz CT molecular complexity index is 853. The third-order valence-corrected chi connectivity index (χ3v) is 4.28. The molecule has 0 saturated heterocycles. The quantitative estimate of drug-likeness (QED) is 0.596. The molecule has 0 aliphatic carbocycles. The Morgan fingerprint density at radius 1 is 1.12 bits per heavy atom. The molecule has 2 aromatic heterocycles. The molecule has 5 heteroatoms. The van der Waals surface area contributed by atoms with E-state index < -0.39 is 0 Å². The van der Waals surface area contributed by atoms with E-state index in [-0.39, 0.29) is 5.82 Å². The molecule has 2 heterocycles. The summed E-state index contributed by atoms with van der Waals surface area (Å²) in [4.78, 5) is 4.10. The van der Waals surface area contributed by atoms with Crippen molar-refractivity contribution in [1.29, 1.82) is 0 Å². The third-order valence-electron chi connectivity index (χ3n) is 4.28. The summed E-state index contributed by atoms with van der Waals surface area (Å²) >= 11 is 0. The molecule has 0 atom stereocenters. The largest absolute Gasteiger partial charge is 0.383 e. The smallest absolute Gasteiger partial charge is 0.123 e. The number of halogens is 1. The minimum Gasteiger partial charge on any atom is -0.383 e. The van der Waals surface area contributed by atoms with Crippen LogP contribution >= 0.6 is 0 Å². The maximum Gasteiger partial charge on any atom is 0.123 e. The van der Waals surface area contributed by atoms with Crippen molar-refractivity contribution in [3.63, 3.8) is 0 Å². The number of nitrogens with one attached hydrogen (secondary N) is 2. The Kier molecular flexibility index (Phi) is 5.79. The Morgan fingerprint density at radius 2 is 1.85 bits per heavy atom. The SMILES string of the molecule is C=C(CCCC)NCc1[nH]nc(-c2ccc(F)cc2)c1-c1ccncc1. The number of hydrogen-bond donors (Lipinski definition) is 2. The molecule has 3 rings (SSSR count). The monoisotopic (exact) mass is 350 g/mol. The summed E-state index contributed by atoms with van der Waals surface area (Å²) in [5, 5.41) is 11.0. The van der Waals surface area contributed by atoms with E-state index in [0.29, 0.717) is 6.54 Å². The molecule has 26 heavy (non-hydrogen) atoms. The van der Waals surface area contributed by atoms with Crippen LogP contribution in [0.4, 0.5) is 4.39 Å². The Labute approximate surface area is 153 Å². The summed E-state index contributed by atoms with van der Waals surface area (Å²) in [7, 11) is 0. The first-order valence-corrected chi connectivity index (χ1v) is 8.84. The highest BCUT2D eigenvalue weighted by atomic mass is 19.1. The molecule has 0 amide bonds. The van der Waals surface area contributed by atoms with Crippen LogP contribution < -0.4 is 5.32 Å². The van der Waals surface area contributed by atoms with Crippen molar-refractivity contribution in [2.24, 2.45) is 0 Å². The van der Waals surface area contributed by atoms with Crippen molar-refractivity contribution >= 4 is 0 Å². The van der Waals surface area contributed by atoms with Gasteiger partial charge in [0.25, 0.3) is 0 Å². The van der Waals surface area contributed by atoms with E-state index in [0.717, 1.165) is 53.0 Å². The van der Waals surface area contributed by atoms with Crippen LogP contribution in [-0.4, -0.2) is 15.2 Å². The van der Waals surface area contributed by atoms with Crippen LogP contribution in [0.1, 0.15) is 31.9 Å². The summed E-state index contributed by atoms with van der Waals surface area (Å²) in [6.45, 7) is 6.86. The van der Waals surface area contributed by atoms with Crippen LogP contribution in [0.3, 0.4) is 0 Å². The molecule has 0 saturated carbocycles. The topological polar surface area (TPSA) is 53.6 Å².